The van der Waals surface area contributed by atoms with Crippen molar-refractivity contribution in [2.24, 2.45) is 5.92 Å². The lowest BCUT2D eigenvalue weighted by molar-refractivity contribution is 0.208. The molecule has 2 nitrogen and oxygen atoms in total. The zero-order chi connectivity index (χ0) is 14.6. The summed E-state index contributed by atoms with van der Waals surface area (Å²) in [5.41, 5.74) is 1.22. The first-order valence-corrected chi connectivity index (χ1v) is 7.98. The van der Waals surface area contributed by atoms with Gasteiger partial charge < -0.3 is 9.84 Å². The van der Waals surface area contributed by atoms with Gasteiger partial charge in [0, 0.05) is 6.07 Å². The van der Waals surface area contributed by atoms with E-state index in [1.807, 2.05) is 6.07 Å². The van der Waals surface area contributed by atoms with Gasteiger partial charge in [-0.25, -0.2) is 0 Å². The lowest BCUT2D eigenvalue weighted by Gasteiger charge is -2.25. The third kappa shape index (κ3) is 3.91. The molecule has 0 bridgehead atoms. The minimum atomic E-state index is 0.0711. The van der Waals surface area contributed by atoms with Gasteiger partial charge in [0.25, 0.3) is 0 Å². The molecule has 0 unspecified atom stereocenters. The largest absolute Gasteiger partial charge is 0.508 e. The Morgan fingerprint density at radius 1 is 1.15 bits per heavy atom. The molecule has 0 aromatic heterocycles. The summed E-state index contributed by atoms with van der Waals surface area (Å²) >= 11 is 0. The Labute approximate surface area is 123 Å². The van der Waals surface area contributed by atoms with Crippen molar-refractivity contribution in [2.75, 3.05) is 6.61 Å². The number of hydrogen-bond donors (Lipinski definition) is 1. The van der Waals surface area contributed by atoms with E-state index in [9.17, 15) is 5.11 Å². The van der Waals surface area contributed by atoms with Crippen molar-refractivity contribution >= 4 is 0 Å². The molecular weight excluding hydrogens is 248 g/mol. The van der Waals surface area contributed by atoms with Gasteiger partial charge in [-0.1, -0.05) is 40.0 Å². The highest BCUT2D eigenvalue weighted by atomic mass is 16.5. The molecule has 1 aliphatic carbocycles. The van der Waals surface area contributed by atoms with Crippen LogP contribution >= 0.6 is 0 Å². The second kappa shape index (κ2) is 6.51. The quantitative estimate of drug-likeness (QED) is 0.816. The summed E-state index contributed by atoms with van der Waals surface area (Å²) in [5.74, 6) is 1.81. The van der Waals surface area contributed by atoms with Crippen LogP contribution in [-0.2, 0) is 5.41 Å². The van der Waals surface area contributed by atoms with Gasteiger partial charge >= 0.3 is 0 Å². The zero-order valence-electron chi connectivity index (χ0n) is 13.1. The first-order chi connectivity index (χ1) is 9.51. The van der Waals surface area contributed by atoms with E-state index >= 15 is 0 Å². The van der Waals surface area contributed by atoms with Crippen molar-refractivity contribution < 1.29 is 9.84 Å². The molecule has 0 atom stereocenters. The molecule has 1 N–H and O–H groups in total. The van der Waals surface area contributed by atoms with Crippen LogP contribution in [0.3, 0.4) is 0 Å². The average molecular weight is 276 g/mol. The molecule has 112 valence electrons. The van der Waals surface area contributed by atoms with Crippen molar-refractivity contribution in [2.45, 2.75) is 64.7 Å². The maximum Gasteiger partial charge on any atom is 0.123 e. The summed E-state index contributed by atoms with van der Waals surface area (Å²) in [4.78, 5) is 0. The molecule has 1 fully saturated rings. The summed E-state index contributed by atoms with van der Waals surface area (Å²) in [6.07, 6.45) is 7.65. The number of aromatic hydroxyl groups is 1. The van der Waals surface area contributed by atoms with Crippen LogP contribution in [0.2, 0.25) is 0 Å². The van der Waals surface area contributed by atoms with Crippen LogP contribution in [0.5, 0.6) is 11.5 Å². The smallest absolute Gasteiger partial charge is 0.123 e. The first kappa shape index (κ1) is 15.2. The molecule has 20 heavy (non-hydrogen) atoms. The van der Waals surface area contributed by atoms with E-state index in [1.165, 1.54) is 32.1 Å². The summed E-state index contributed by atoms with van der Waals surface area (Å²) < 4.78 is 5.95. The normalized spacial score (nSPS) is 17.1. The minimum absolute atomic E-state index is 0.0711. The lowest BCUT2D eigenvalue weighted by Crippen LogP contribution is -2.17. The number of hydrogen-bond acceptors (Lipinski definition) is 2. The highest BCUT2D eigenvalue weighted by Gasteiger charge is 2.20. The lowest BCUT2D eigenvalue weighted by atomic mass is 9.82. The Bertz CT molecular complexity index is 431. The van der Waals surface area contributed by atoms with Crippen LogP contribution in [0, 0.1) is 5.92 Å². The number of ether oxygens (including phenoxy) is 1. The molecule has 0 aliphatic heterocycles. The Hall–Kier alpha value is -1.18. The van der Waals surface area contributed by atoms with Crippen molar-refractivity contribution in [3.8, 4) is 11.5 Å². The molecule has 2 heteroatoms. The molecule has 0 saturated heterocycles. The zero-order valence-corrected chi connectivity index (χ0v) is 13.1. The van der Waals surface area contributed by atoms with Gasteiger partial charge in [0.15, 0.2) is 0 Å². The fourth-order valence-electron chi connectivity index (χ4n) is 2.83. The standard InChI is InChI=1S/C18H28O2/c1-4-18(2,3)15-10-16(19)12-17(11-15)20-13-14-8-6-5-7-9-14/h10-12,14,19H,4-9,13H2,1-3H3. The second-order valence-corrected chi connectivity index (χ2v) is 6.77. The van der Waals surface area contributed by atoms with Gasteiger partial charge in [-0.3, -0.25) is 0 Å². The molecule has 1 aromatic carbocycles. The predicted octanol–water partition coefficient (Wildman–Crippen LogP) is 5.04. The summed E-state index contributed by atoms with van der Waals surface area (Å²) in [5, 5.41) is 9.91. The fraction of sp³-hybridized carbons (Fsp3) is 0.667. The molecule has 1 saturated carbocycles. The minimum Gasteiger partial charge on any atom is -0.508 e. The van der Waals surface area contributed by atoms with E-state index in [1.54, 1.807) is 6.07 Å². The van der Waals surface area contributed by atoms with Crippen LogP contribution in [0.1, 0.15) is 64.9 Å². The van der Waals surface area contributed by atoms with Gasteiger partial charge in [-0.2, -0.15) is 0 Å². The Balaban J connectivity index is 2.04. The summed E-state index contributed by atoms with van der Waals surface area (Å²) in [6, 6.07) is 5.68. The van der Waals surface area contributed by atoms with Gasteiger partial charge in [-0.05, 0) is 48.3 Å². The molecule has 0 radical (unpaired) electrons. The van der Waals surface area contributed by atoms with Crippen LogP contribution in [0.15, 0.2) is 18.2 Å². The third-order valence-electron chi connectivity index (χ3n) is 4.77. The topological polar surface area (TPSA) is 29.5 Å². The number of benzene rings is 1. The van der Waals surface area contributed by atoms with Gasteiger partial charge in [0.1, 0.15) is 11.5 Å². The van der Waals surface area contributed by atoms with Crippen LogP contribution in [-0.4, -0.2) is 11.7 Å². The second-order valence-electron chi connectivity index (χ2n) is 6.77. The monoisotopic (exact) mass is 276 g/mol. The van der Waals surface area contributed by atoms with Gasteiger partial charge in [-0.15, -0.1) is 0 Å². The fourth-order valence-corrected chi connectivity index (χ4v) is 2.83. The van der Waals surface area contributed by atoms with Crippen LogP contribution in [0.25, 0.3) is 0 Å². The molecule has 1 aromatic rings. The van der Waals surface area contributed by atoms with E-state index in [2.05, 4.69) is 26.8 Å². The van der Waals surface area contributed by atoms with E-state index < -0.39 is 0 Å². The molecule has 0 heterocycles. The SMILES string of the molecule is CCC(C)(C)c1cc(O)cc(OCC2CCCCC2)c1. The van der Waals surface area contributed by atoms with Crippen molar-refractivity contribution in [3.05, 3.63) is 23.8 Å². The molecule has 2 rings (SSSR count). The maximum atomic E-state index is 9.91. The van der Waals surface area contributed by atoms with Crippen molar-refractivity contribution in [3.63, 3.8) is 0 Å². The molecule has 1 aliphatic rings. The average Bonchev–Trinajstić information content (AvgIpc) is 2.45. The Morgan fingerprint density at radius 2 is 1.85 bits per heavy atom. The Kier molecular flexibility index (Phi) is 4.95. The first-order valence-electron chi connectivity index (χ1n) is 7.98. The van der Waals surface area contributed by atoms with E-state index in [0.717, 1.165) is 24.3 Å². The van der Waals surface area contributed by atoms with Gasteiger partial charge in [0.2, 0.25) is 0 Å². The highest BCUT2D eigenvalue weighted by Crippen LogP contribution is 2.33. The van der Waals surface area contributed by atoms with E-state index in [0.29, 0.717) is 11.7 Å². The highest BCUT2D eigenvalue weighted by molar-refractivity contribution is 5.40. The van der Waals surface area contributed by atoms with E-state index in [-0.39, 0.29) is 5.41 Å². The maximum absolute atomic E-state index is 9.91. The summed E-state index contributed by atoms with van der Waals surface area (Å²) in [6.45, 7) is 7.36. The molecule has 0 spiro atoms. The van der Waals surface area contributed by atoms with E-state index in [4.69, 9.17) is 4.74 Å². The van der Waals surface area contributed by atoms with Gasteiger partial charge in [0.05, 0.1) is 6.61 Å². The van der Waals surface area contributed by atoms with Crippen LogP contribution < -0.4 is 4.74 Å². The predicted molar refractivity (Wildman–Crippen MR) is 83.5 cm³/mol. The Morgan fingerprint density at radius 3 is 2.50 bits per heavy atom. The van der Waals surface area contributed by atoms with Crippen molar-refractivity contribution in [1.82, 2.24) is 0 Å². The number of phenols is 1. The van der Waals surface area contributed by atoms with Crippen LogP contribution in [0.4, 0.5) is 0 Å². The number of rotatable bonds is 5. The van der Waals surface area contributed by atoms with Crippen molar-refractivity contribution in [1.29, 1.82) is 0 Å². The molecular formula is C18H28O2. The number of phenolic OH excluding ortho intramolecular Hbond substituents is 1. The third-order valence-corrected chi connectivity index (χ3v) is 4.77. The molecule has 0 amide bonds. The summed E-state index contributed by atoms with van der Waals surface area (Å²) in [7, 11) is 0.